The number of carbonyl (C=O) groups excluding carboxylic acids is 5. The van der Waals surface area contributed by atoms with E-state index in [9.17, 15) is 24.0 Å². The maximum atomic E-state index is 12.6. The van der Waals surface area contributed by atoms with Gasteiger partial charge < -0.3 is 23.8 Å². The highest BCUT2D eigenvalue weighted by molar-refractivity contribution is 5.89. The number of ether oxygens (including phenoxy) is 4. The van der Waals surface area contributed by atoms with Crippen LogP contribution in [0.2, 0.25) is 0 Å². The molecule has 1 saturated heterocycles. The lowest BCUT2D eigenvalue weighted by Crippen LogP contribution is -2.58. The molecule has 1 heterocycles. The first-order chi connectivity index (χ1) is 21.0. The summed E-state index contributed by atoms with van der Waals surface area (Å²) in [5, 5.41) is 0. The van der Waals surface area contributed by atoms with Crippen LogP contribution in [0.25, 0.3) is 0 Å². The number of likely N-dealkylation sites (tertiary alicyclic amines) is 1. The van der Waals surface area contributed by atoms with Crippen LogP contribution in [0.15, 0.2) is 24.3 Å². The number of hydrogen-bond donors (Lipinski definition) is 0. The fourth-order valence-corrected chi connectivity index (χ4v) is 9.39. The predicted octanol–water partition coefficient (Wildman–Crippen LogP) is 4.55. The third-order valence-electron chi connectivity index (χ3n) is 11.2. The molecule has 6 aliphatic carbocycles. The largest absolute Gasteiger partial charge is 0.457 e. The zero-order valence-corrected chi connectivity index (χ0v) is 27.6. The van der Waals surface area contributed by atoms with E-state index in [4.69, 9.17) is 14.2 Å². The van der Waals surface area contributed by atoms with E-state index < -0.39 is 36.7 Å². The Labute approximate surface area is 266 Å². The van der Waals surface area contributed by atoms with Gasteiger partial charge in [-0.1, -0.05) is 13.2 Å². The maximum Gasteiger partial charge on any atom is 0.344 e. The highest BCUT2D eigenvalue weighted by Crippen LogP contribution is 2.60. The summed E-state index contributed by atoms with van der Waals surface area (Å²) in [5.41, 5.74) is -0.0384. The molecule has 10 heteroatoms. The first-order valence-corrected chi connectivity index (χ1v) is 16.4. The highest BCUT2D eigenvalue weighted by Gasteiger charge is 2.66. The number of nitrogens with zero attached hydrogens (tertiary/aromatic N) is 1. The van der Waals surface area contributed by atoms with E-state index in [1.165, 1.54) is 13.3 Å². The minimum absolute atomic E-state index is 0.0644. The quantitative estimate of drug-likeness (QED) is 0.217. The Hall–Kier alpha value is -3.17. The summed E-state index contributed by atoms with van der Waals surface area (Å²) >= 11 is 0. The Kier molecular flexibility index (Phi) is 9.01. The predicted molar refractivity (Wildman–Crippen MR) is 163 cm³/mol. The van der Waals surface area contributed by atoms with Crippen molar-refractivity contribution in [3.05, 3.63) is 24.3 Å². The topological polar surface area (TPSA) is 126 Å². The molecule has 5 atom stereocenters. The van der Waals surface area contributed by atoms with Gasteiger partial charge in [-0.25, -0.2) is 19.2 Å². The van der Waals surface area contributed by atoms with Crippen molar-refractivity contribution in [3.8, 4) is 0 Å². The summed E-state index contributed by atoms with van der Waals surface area (Å²) < 4.78 is 21.0. The standard InChI is InChI=1S/C19H26O6.C16H23NO3/c1-11(2)18(22)24-9-16(20)23-10-17(21)25-19(3)14-5-12-4-13(7-14)8-15(19)6-12;1-8(2)15(19)20-13-9-6-10-11(7-9)14(18)17(12(10)13)16(3,4)5/h12-15H,1,4-10H2,2-3H3;9-13H,1,6-7H2,2-5H3. The number of hydrogen-bond acceptors (Lipinski definition) is 9. The molecule has 0 spiro atoms. The molecule has 10 nitrogen and oxygen atoms in total. The lowest BCUT2D eigenvalue weighted by atomic mass is 9.50. The summed E-state index contributed by atoms with van der Waals surface area (Å²) in [4.78, 5) is 61.4. The number of fused-ring (bicyclic) bond motifs is 1. The number of esters is 4. The molecule has 7 fully saturated rings. The second-order valence-corrected chi connectivity index (χ2v) is 15.5. The Morgan fingerprint density at radius 2 is 1.38 bits per heavy atom. The summed E-state index contributed by atoms with van der Waals surface area (Å²) in [5.74, 6) is 1.23. The van der Waals surface area contributed by atoms with Crippen LogP contribution >= 0.6 is 0 Å². The lowest BCUT2D eigenvalue weighted by molar-refractivity contribution is -0.207. The van der Waals surface area contributed by atoms with Crippen molar-refractivity contribution in [1.29, 1.82) is 0 Å². The van der Waals surface area contributed by atoms with Gasteiger partial charge in [0.2, 0.25) is 5.91 Å². The van der Waals surface area contributed by atoms with Gasteiger partial charge in [-0.3, -0.25) is 4.79 Å². The molecule has 7 rings (SSSR count). The van der Waals surface area contributed by atoms with Crippen molar-refractivity contribution in [1.82, 2.24) is 4.90 Å². The average Bonchev–Trinajstić information content (AvgIpc) is 3.57. The van der Waals surface area contributed by atoms with Gasteiger partial charge in [0.1, 0.15) is 11.7 Å². The molecule has 6 saturated carbocycles. The van der Waals surface area contributed by atoms with Crippen LogP contribution in [0.3, 0.4) is 0 Å². The molecule has 0 radical (unpaired) electrons. The van der Waals surface area contributed by atoms with Gasteiger partial charge in [-0.05, 0) is 122 Å². The first kappa shape index (κ1) is 33.2. The molecule has 248 valence electrons. The molecule has 0 aromatic heterocycles. The van der Waals surface area contributed by atoms with Gasteiger partial charge in [0.15, 0.2) is 13.2 Å². The van der Waals surface area contributed by atoms with Gasteiger partial charge >= 0.3 is 23.9 Å². The Morgan fingerprint density at radius 3 is 1.91 bits per heavy atom. The van der Waals surface area contributed by atoms with Crippen LogP contribution in [0.1, 0.15) is 86.5 Å². The second-order valence-electron chi connectivity index (χ2n) is 15.5. The van der Waals surface area contributed by atoms with Crippen molar-refractivity contribution in [2.45, 2.75) is 110 Å². The Balaban J connectivity index is 0.000000182. The monoisotopic (exact) mass is 627 g/mol. The van der Waals surface area contributed by atoms with Crippen LogP contribution < -0.4 is 0 Å². The van der Waals surface area contributed by atoms with Crippen LogP contribution in [0.5, 0.6) is 0 Å². The highest BCUT2D eigenvalue weighted by atomic mass is 16.6. The normalized spacial score (nSPS) is 36.6. The van der Waals surface area contributed by atoms with Crippen LogP contribution in [0.4, 0.5) is 0 Å². The third-order valence-corrected chi connectivity index (χ3v) is 11.2. The van der Waals surface area contributed by atoms with E-state index in [1.807, 2.05) is 11.8 Å². The maximum absolute atomic E-state index is 12.6. The molecule has 45 heavy (non-hydrogen) atoms. The first-order valence-electron chi connectivity index (χ1n) is 16.4. The Bertz CT molecular complexity index is 1250. The molecule has 7 aliphatic rings. The van der Waals surface area contributed by atoms with E-state index in [-0.39, 0.29) is 41.1 Å². The molecule has 1 aliphatic heterocycles. The summed E-state index contributed by atoms with van der Waals surface area (Å²) in [7, 11) is 0. The van der Waals surface area contributed by atoms with Crippen molar-refractivity contribution < 1.29 is 42.9 Å². The second kappa shape index (κ2) is 12.2. The van der Waals surface area contributed by atoms with Gasteiger partial charge in [0.25, 0.3) is 0 Å². The van der Waals surface area contributed by atoms with E-state index in [1.54, 1.807) is 6.92 Å². The average molecular weight is 628 g/mol. The number of amides is 1. The molecule has 0 aromatic rings. The van der Waals surface area contributed by atoms with Gasteiger partial charge in [-0.2, -0.15) is 0 Å². The fourth-order valence-electron chi connectivity index (χ4n) is 9.39. The zero-order valence-electron chi connectivity index (χ0n) is 27.6. The van der Waals surface area contributed by atoms with Crippen molar-refractivity contribution in [3.63, 3.8) is 0 Å². The minimum atomic E-state index is -0.776. The van der Waals surface area contributed by atoms with E-state index in [0.29, 0.717) is 29.2 Å². The van der Waals surface area contributed by atoms with Gasteiger partial charge in [0, 0.05) is 22.6 Å². The van der Waals surface area contributed by atoms with Gasteiger partial charge in [0.05, 0.1) is 6.04 Å². The molecule has 1 amide bonds. The van der Waals surface area contributed by atoms with Crippen molar-refractivity contribution in [2.24, 2.45) is 41.4 Å². The lowest BCUT2D eigenvalue weighted by Gasteiger charge is -2.59. The molecule has 6 bridgehead atoms. The fraction of sp³-hybridized carbons (Fsp3) is 0.743. The van der Waals surface area contributed by atoms with E-state index in [0.717, 1.165) is 50.4 Å². The van der Waals surface area contributed by atoms with Crippen LogP contribution in [-0.4, -0.2) is 71.2 Å². The molecule has 0 aromatic carbocycles. The molecular formula is C35H49NO9. The number of carbonyl (C=O) groups is 5. The smallest absolute Gasteiger partial charge is 0.344 e. The zero-order chi connectivity index (χ0) is 33.0. The minimum Gasteiger partial charge on any atom is -0.457 e. The van der Waals surface area contributed by atoms with E-state index >= 15 is 0 Å². The van der Waals surface area contributed by atoms with Crippen LogP contribution in [-0.2, 0) is 42.9 Å². The summed E-state index contributed by atoms with van der Waals surface area (Å²) in [6, 6.07) is 0.0644. The Morgan fingerprint density at radius 1 is 0.822 bits per heavy atom. The van der Waals surface area contributed by atoms with E-state index in [2.05, 4.69) is 38.7 Å². The molecule has 5 unspecified atom stereocenters. The number of rotatable bonds is 8. The third kappa shape index (κ3) is 6.43. The van der Waals surface area contributed by atoms with Crippen molar-refractivity contribution in [2.75, 3.05) is 13.2 Å². The van der Waals surface area contributed by atoms with Crippen molar-refractivity contribution >= 4 is 29.8 Å². The molecule has 0 N–H and O–H groups in total. The van der Waals surface area contributed by atoms with Gasteiger partial charge in [-0.15, -0.1) is 0 Å². The SMILES string of the molecule is C=C(C)C(=O)OC1C2CC3C(=O)N(C(C)(C)C)C1C3C2.C=C(C)C(=O)OCC(=O)OCC(=O)OC1(C)C2CC3CC(C2)CC1C3. The molecular weight excluding hydrogens is 578 g/mol. The summed E-state index contributed by atoms with van der Waals surface area (Å²) in [6.07, 6.45) is 7.60. The summed E-state index contributed by atoms with van der Waals surface area (Å²) in [6.45, 7) is 17.4. The van der Waals surface area contributed by atoms with Crippen LogP contribution in [0, 0.1) is 41.4 Å².